The highest BCUT2D eigenvalue weighted by Gasteiger charge is 2.82. The fraction of sp³-hybridized carbons (Fsp3) is 0.143. The molecule has 2 aliphatic carbocycles. The Morgan fingerprint density at radius 2 is 1.02 bits per heavy atom. The molecule has 0 radical (unpaired) electrons. The standard InChI is InChI=1S/C42H27NO9/c44-37-35-36(38(45)43(37)28-15-11-23(12-16-28)39(46)47)42(27-9-5-2-6-10-27)34(25-14-18-30-32(20-25)52-22-50-30)33(24-13-17-29-31(19-24)51-21-49-29)41(35,40(42)48)26-7-3-1-4-8-26/h1-20,35-36H,21-22H2,(H,46,47)/t35-,36+,41-,42+. The highest BCUT2D eigenvalue weighted by molar-refractivity contribution is 6.39. The van der Waals surface area contributed by atoms with Crippen LogP contribution in [-0.4, -0.2) is 42.3 Å². The summed E-state index contributed by atoms with van der Waals surface area (Å²) in [6, 6.07) is 35.0. The summed E-state index contributed by atoms with van der Waals surface area (Å²) in [5.74, 6) is -2.74. The molecule has 10 heteroatoms. The molecule has 0 spiro atoms. The number of hydrogen-bond donors (Lipinski definition) is 1. The fourth-order valence-corrected chi connectivity index (χ4v) is 9.24. The first-order valence-electron chi connectivity index (χ1n) is 16.8. The lowest BCUT2D eigenvalue weighted by Gasteiger charge is -2.39. The number of anilines is 1. The monoisotopic (exact) mass is 689 g/mol. The Bertz CT molecular complexity index is 2280. The van der Waals surface area contributed by atoms with E-state index in [1.54, 1.807) is 12.1 Å². The zero-order valence-electron chi connectivity index (χ0n) is 27.3. The smallest absolute Gasteiger partial charge is 0.335 e. The molecule has 1 N–H and O–H groups in total. The van der Waals surface area contributed by atoms with E-state index in [1.165, 1.54) is 24.3 Å². The van der Waals surface area contributed by atoms with Crippen molar-refractivity contribution >= 4 is 40.4 Å². The van der Waals surface area contributed by atoms with Crippen LogP contribution in [0.15, 0.2) is 121 Å². The quantitative estimate of drug-likeness (QED) is 0.213. The lowest BCUT2D eigenvalue weighted by molar-refractivity contribution is -0.130. The number of imide groups is 1. The van der Waals surface area contributed by atoms with E-state index in [9.17, 15) is 9.90 Å². The van der Waals surface area contributed by atoms with Crippen molar-refractivity contribution in [1.29, 1.82) is 0 Å². The van der Waals surface area contributed by atoms with Gasteiger partial charge in [0, 0.05) is 0 Å². The number of ether oxygens (including phenoxy) is 4. The summed E-state index contributed by atoms with van der Waals surface area (Å²) in [5.41, 5.74) is 0.502. The molecule has 2 amide bonds. The van der Waals surface area contributed by atoms with E-state index in [0.29, 0.717) is 56.4 Å². The molecule has 2 fully saturated rings. The second-order valence-electron chi connectivity index (χ2n) is 13.4. The number of benzene rings is 5. The number of carboxylic acid groups (broad SMARTS) is 1. The molecule has 52 heavy (non-hydrogen) atoms. The van der Waals surface area contributed by atoms with Crippen LogP contribution in [0.2, 0.25) is 0 Å². The number of nitrogens with zero attached hydrogens (tertiary/aromatic N) is 1. The Kier molecular flexibility index (Phi) is 6.19. The Hall–Kier alpha value is -6.68. The number of carbonyl (C=O) groups is 4. The summed E-state index contributed by atoms with van der Waals surface area (Å²) in [7, 11) is 0. The van der Waals surface area contributed by atoms with Gasteiger partial charge in [0.05, 0.1) is 33.9 Å². The van der Waals surface area contributed by atoms with Gasteiger partial charge in [-0.1, -0.05) is 72.8 Å². The van der Waals surface area contributed by atoms with Gasteiger partial charge in [-0.25, -0.2) is 9.69 Å². The van der Waals surface area contributed by atoms with Crippen LogP contribution in [0, 0.1) is 11.8 Å². The van der Waals surface area contributed by atoms with Crippen molar-refractivity contribution < 1.29 is 43.2 Å². The topological polar surface area (TPSA) is 129 Å². The normalized spacial score (nSPS) is 24.9. The zero-order valence-corrected chi connectivity index (χ0v) is 27.3. The van der Waals surface area contributed by atoms with Gasteiger partial charge in [-0.3, -0.25) is 14.4 Å². The zero-order chi connectivity index (χ0) is 35.4. The van der Waals surface area contributed by atoms with Gasteiger partial charge in [-0.05, 0) is 81.9 Å². The number of carbonyl (C=O) groups excluding carboxylic acids is 3. The fourth-order valence-electron chi connectivity index (χ4n) is 9.24. The SMILES string of the molecule is O=C(O)c1ccc(N2C(=O)[C@@H]3[C@H](C2=O)[C@]2(c4ccccc4)C(=O)[C@@]3(c3ccccc3)C(c3ccc4c(c3)OCO4)=C2c2ccc3c(c2)OCO3)cc1. The van der Waals surface area contributed by atoms with E-state index < -0.39 is 40.4 Å². The maximum Gasteiger partial charge on any atom is 0.335 e. The largest absolute Gasteiger partial charge is 0.478 e. The van der Waals surface area contributed by atoms with Gasteiger partial charge in [0.2, 0.25) is 25.4 Å². The van der Waals surface area contributed by atoms with E-state index in [-0.39, 0.29) is 30.6 Å². The summed E-state index contributed by atoms with van der Waals surface area (Å²) in [6.45, 7) is 0.0771. The number of hydrogen-bond acceptors (Lipinski definition) is 8. The van der Waals surface area contributed by atoms with Crippen molar-refractivity contribution in [2.24, 2.45) is 11.8 Å². The third-order valence-corrected chi connectivity index (χ3v) is 11.1. The van der Waals surface area contributed by atoms with Crippen LogP contribution < -0.4 is 23.8 Å². The summed E-state index contributed by atoms with van der Waals surface area (Å²) >= 11 is 0. The molecule has 5 aromatic rings. The number of allylic oxidation sites excluding steroid dienone is 2. The predicted octanol–water partition coefficient (Wildman–Crippen LogP) is 6.03. The number of rotatable bonds is 6. The van der Waals surface area contributed by atoms with Crippen LogP contribution in [0.5, 0.6) is 23.0 Å². The van der Waals surface area contributed by atoms with Gasteiger partial charge in [0.25, 0.3) is 0 Å². The molecule has 5 aliphatic rings. The molecule has 3 heterocycles. The van der Waals surface area contributed by atoms with Crippen LogP contribution in [0.4, 0.5) is 5.69 Å². The molecule has 2 bridgehead atoms. The Morgan fingerprint density at radius 1 is 0.577 bits per heavy atom. The number of amides is 2. The molecule has 3 aliphatic heterocycles. The Labute approximate surface area is 296 Å². The molecule has 1 saturated carbocycles. The number of fused-ring (bicyclic) bond motifs is 7. The molecule has 4 atom stereocenters. The average molecular weight is 690 g/mol. The molecule has 10 nitrogen and oxygen atoms in total. The van der Waals surface area contributed by atoms with Gasteiger partial charge in [0.15, 0.2) is 28.8 Å². The minimum Gasteiger partial charge on any atom is -0.478 e. The number of Topliss-reactive ketones (excluding diaryl/α,β-unsaturated/α-hetero) is 1. The van der Waals surface area contributed by atoms with E-state index in [4.69, 9.17) is 18.9 Å². The lowest BCUT2D eigenvalue weighted by atomic mass is 9.59. The summed E-state index contributed by atoms with van der Waals surface area (Å²) < 4.78 is 23.0. The molecular formula is C42H27NO9. The maximum atomic E-state index is 16.2. The first-order valence-corrected chi connectivity index (χ1v) is 16.8. The highest BCUT2D eigenvalue weighted by atomic mass is 16.7. The molecule has 1 saturated heterocycles. The third kappa shape index (κ3) is 3.67. The second kappa shape index (κ2) is 10.7. The van der Waals surface area contributed by atoms with Crippen molar-refractivity contribution in [1.82, 2.24) is 0 Å². The van der Waals surface area contributed by atoms with Crippen molar-refractivity contribution in [3.05, 3.63) is 149 Å². The predicted molar refractivity (Wildman–Crippen MR) is 186 cm³/mol. The Balaban J connectivity index is 1.34. The average Bonchev–Trinajstić information content (AvgIpc) is 3.98. The summed E-state index contributed by atoms with van der Waals surface area (Å²) in [5, 5.41) is 9.57. The van der Waals surface area contributed by atoms with E-state index >= 15 is 14.4 Å². The molecule has 10 rings (SSSR count). The van der Waals surface area contributed by atoms with Gasteiger partial charge in [-0.2, -0.15) is 0 Å². The third-order valence-electron chi connectivity index (χ3n) is 11.1. The number of carboxylic acids is 1. The first-order chi connectivity index (χ1) is 25.4. The molecule has 254 valence electrons. The van der Waals surface area contributed by atoms with Crippen molar-refractivity contribution in [2.45, 2.75) is 10.8 Å². The minimum atomic E-state index is -1.65. The first kappa shape index (κ1) is 30.2. The van der Waals surface area contributed by atoms with Crippen molar-refractivity contribution in [2.75, 3.05) is 18.5 Å². The van der Waals surface area contributed by atoms with Crippen LogP contribution in [0.1, 0.15) is 32.6 Å². The summed E-state index contributed by atoms with van der Waals surface area (Å²) in [4.78, 5) is 59.4. The molecule has 0 aromatic heterocycles. The maximum absolute atomic E-state index is 16.2. The minimum absolute atomic E-state index is 0.0108. The van der Waals surface area contributed by atoms with Crippen LogP contribution in [0.3, 0.4) is 0 Å². The number of aromatic carboxylic acids is 1. The second-order valence-corrected chi connectivity index (χ2v) is 13.4. The van der Waals surface area contributed by atoms with Gasteiger partial charge in [0.1, 0.15) is 0 Å². The Morgan fingerprint density at radius 3 is 1.46 bits per heavy atom. The van der Waals surface area contributed by atoms with Crippen LogP contribution in [-0.2, 0) is 25.2 Å². The van der Waals surface area contributed by atoms with Crippen molar-refractivity contribution in [3.8, 4) is 23.0 Å². The van der Waals surface area contributed by atoms with Gasteiger partial charge in [-0.15, -0.1) is 0 Å². The molecular weight excluding hydrogens is 662 g/mol. The van der Waals surface area contributed by atoms with E-state index in [1.807, 2.05) is 84.9 Å². The van der Waals surface area contributed by atoms with E-state index in [2.05, 4.69) is 0 Å². The summed E-state index contributed by atoms with van der Waals surface area (Å²) in [6.07, 6.45) is 0. The van der Waals surface area contributed by atoms with E-state index in [0.717, 1.165) is 4.90 Å². The molecule has 0 unspecified atom stereocenters. The van der Waals surface area contributed by atoms with Crippen molar-refractivity contribution in [3.63, 3.8) is 0 Å². The van der Waals surface area contributed by atoms with Gasteiger partial charge >= 0.3 is 5.97 Å². The van der Waals surface area contributed by atoms with Gasteiger partial charge < -0.3 is 24.1 Å². The lowest BCUT2D eigenvalue weighted by Crippen LogP contribution is -2.45. The molecule has 5 aromatic carbocycles. The van der Waals surface area contributed by atoms with Crippen LogP contribution >= 0.6 is 0 Å². The number of ketones is 1. The highest BCUT2D eigenvalue weighted by Crippen LogP contribution is 2.74. The van der Waals surface area contributed by atoms with Crippen LogP contribution in [0.25, 0.3) is 11.1 Å².